The number of carbonyl (C=O) groups is 1. The van der Waals surface area contributed by atoms with Crippen LogP contribution in [0.4, 0.5) is 5.82 Å². The number of nitrogens with zero attached hydrogens (tertiary/aromatic N) is 4. The number of anilines is 1. The Morgan fingerprint density at radius 1 is 1.27 bits per heavy atom. The molecule has 1 aliphatic rings. The minimum Gasteiger partial charge on any atom is -0.354 e. The number of hydrogen-bond donors (Lipinski definition) is 2. The molecule has 1 aliphatic heterocycles. The van der Waals surface area contributed by atoms with E-state index in [1.54, 1.807) is 0 Å². The molecule has 0 spiro atoms. The van der Waals surface area contributed by atoms with Crippen LogP contribution in [0.3, 0.4) is 0 Å². The van der Waals surface area contributed by atoms with E-state index >= 15 is 0 Å². The molecule has 0 aliphatic carbocycles. The molecule has 4 rings (SSSR count). The van der Waals surface area contributed by atoms with E-state index < -0.39 is 0 Å². The van der Waals surface area contributed by atoms with Crippen LogP contribution in [0.25, 0.3) is 11.0 Å². The van der Waals surface area contributed by atoms with Crippen molar-refractivity contribution < 1.29 is 4.79 Å². The highest BCUT2D eigenvalue weighted by molar-refractivity contribution is 5.80. The highest BCUT2D eigenvalue weighted by atomic mass is 16.1. The van der Waals surface area contributed by atoms with Gasteiger partial charge in [-0.1, -0.05) is 12.1 Å². The predicted molar refractivity (Wildman–Crippen MR) is 99.6 cm³/mol. The average Bonchev–Trinajstić information content (AvgIpc) is 3.10. The second kappa shape index (κ2) is 7.11. The Hall–Kier alpha value is -2.96. The third-order valence-corrected chi connectivity index (χ3v) is 4.77. The minimum atomic E-state index is -0.0452. The molecule has 2 aromatic heterocycles. The molecule has 1 atom stereocenters. The van der Waals surface area contributed by atoms with E-state index in [1.165, 1.54) is 0 Å². The van der Waals surface area contributed by atoms with Gasteiger partial charge in [-0.3, -0.25) is 4.79 Å². The summed E-state index contributed by atoms with van der Waals surface area (Å²) in [7, 11) is 0. The number of benzene rings is 1. The number of fused-ring (bicyclic) bond motifs is 1. The first kappa shape index (κ1) is 16.5. The lowest BCUT2D eigenvalue weighted by Gasteiger charge is -2.32. The minimum absolute atomic E-state index is 0.0452. The van der Waals surface area contributed by atoms with Gasteiger partial charge in [0.1, 0.15) is 5.82 Å². The van der Waals surface area contributed by atoms with Crippen molar-refractivity contribution in [3.8, 4) is 0 Å². The van der Waals surface area contributed by atoms with Gasteiger partial charge in [-0.15, -0.1) is 5.10 Å². The molecule has 1 saturated heterocycles. The number of carbonyl (C=O) groups excluding carboxylic acids is 1. The maximum atomic E-state index is 12.6. The van der Waals surface area contributed by atoms with Crippen LogP contribution in [0.2, 0.25) is 0 Å². The number of aryl methyl sites for hydroxylation is 1. The molecule has 7 heteroatoms. The Bertz CT molecular complexity index is 871. The Kier molecular flexibility index (Phi) is 4.51. The van der Waals surface area contributed by atoms with Gasteiger partial charge in [0, 0.05) is 13.1 Å². The largest absolute Gasteiger partial charge is 0.354 e. The SMILES string of the molecule is Cc1ccc(N2CCCC(C(=O)NCc3nc4ccccc4[nH]3)C2)nn1. The Labute approximate surface area is 151 Å². The molecule has 1 fully saturated rings. The van der Waals surface area contributed by atoms with Crippen molar-refractivity contribution in [2.24, 2.45) is 5.92 Å². The van der Waals surface area contributed by atoms with Gasteiger partial charge in [0.25, 0.3) is 0 Å². The first-order chi connectivity index (χ1) is 12.7. The van der Waals surface area contributed by atoms with Crippen molar-refractivity contribution in [2.75, 3.05) is 18.0 Å². The van der Waals surface area contributed by atoms with Crippen LogP contribution in [0, 0.1) is 12.8 Å². The van der Waals surface area contributed by atoms with Crippen LogP contribution in [-0.4, -0.2) is 39.2 Å². The fourth-order valence-electron chi connectivity index (χ4n) is 3.36. The van der Waals surface area contributed by atoms with Gasteiger partial charge in [0.2, 0.25) is 5.91 Å². The van der Waals surface area contributed by atoms with Crippen LogP contribution < -0.4 is 10.2 Å². The van der Waals surface area contributed by atoms with Gasteiger partial charge in [-0.2, -0.15) is 5.10 Å². The van der Waals surface area contributed by atoms with E-state index in [-0.39, 0.29) is 11.8 Å². The van der Waals surface area contributed by atoms with E-state index in [0.717, 1.165) is 47.8 Å². The van der Waals surface area contributed by atoms with Crippen LogP contribution in [-0.2, 0) is 11.3 Å². The number of rotatable bonds is 4. The number of para-hydroxylation sites is 2. The summed E-state index contributed by atoms with van der Waals surface area (Å²) < 4.78 is 0. The van der Waals surface area contributed by atoms with Crippen molar-refractivity contribution in [1.29, 1.82) is 0 Å². The van der Waals surface area contributed by atoms with E-state index in [2.05, 4.69) is 30.4 Å². The standard InChI is InChI=1S/C19H22N6O/c1-13-8-9-18(24-23-13)25-10-4-5-14(12-25)19(26)20-11-17-21-15-6-2-3-7-16(15)22-17/h2-3,6-9,14H,4-5,10-12H2,1H3,(H,20,26)(H,21,22). The van der Waals surface area contributed by atoms with Gasteiger partial charge in [0.15, 0.2) is 5.82 Å². The molecule has 0 saturated carbocycles. The molecule has 7 nitrogen and oxygen atoms in total. The van der Waals surface area contributed by atoms with Gasteiger partial charge >= 0.3 is 0 Å². The molecule has 0 radical (unpaired) electrons. The number of imidazole rings is 1. The summed E-state index contributed by atoms with van der Waals surface area (Å²) in [6, 6.07) is 11.8. The summed E-state index contributed by atoms with van der Waals surface area (Å²) in [5.41, 5.74) is 2.79. The maximum Gasteiger partial charge on any atom is 0.225 e. The third kappa shape index (κ3) is 3.51. The molecule has 1 aromatic carbocycles. The number of aromatic amines is 1. The fourth-order valence-corrected chi connectivity index (χ4v) is 3.36. The van der Waals surface area contributed by atoms with Crippen molar-refractivity contribution in [1.82, 2.24) is 25.5 Å². The molecule has 26 heavy (non-hydrogen) atoms. The summed E-state index contributed by atoms with van der Waals surface area (Å²) in [6.07, 6.45) is 1.86. The average molecular weight is 350 g/mol. The lowest BCUT2D eigenvalue weighted by molar-refractivity contribution is -0.125. The second-order valence-electron chi connectivity index (χ2n) is 6.74. The zero-order chi connectivity index (χ0) is 17.9. The van der Waals surface area contributed by atoms with Crippen LogP contribution in [0.15, 0.2) is 36.4 Å². The molecule has 3 aromatic rings. The summed E-state index contributed by atoms with van der Waals surface area (Å²) in [5, 5.41) is 11.4. The van der Waals surface area contributed by atoms with E-state index in [9.17, 15) is 4.79 Å². The van der Waals surface area contributed by atoms with Gasteiger partial charge in [-0.25, -0.2) is 4.98 Å². The molecule has 2 N–H and O–H groups in total. The van der Waals surface area contributed by atoms with Gasteiger partial charge in [-0.05, 0) is 44.0 Å². The number of hydrogen-bond acceptors (Lipinski definition) is 5. The number of nitrogens with one attached hydrogen (secondary N) is 2. The number of piperidine rings is 1. The first-order valence-electron chi connectivity index (χ1n) is 8.95. The fraction of sp³-hybridized carbons (Fsp3) is 0.368. The lowest BCUT2D eigenvalue weighted by Crippen LogP contribution is -2.43. The Morgan fingerprint density at radius 2 is 2.15 bits per heavy atom. The normalized spacial score (nSPS) is 17.4. The van der Waals surface area contributed by atoms with E-state index in [0.29, 0.717) is 13.1 Å². The maximum absolute atomic E-state index is 12.6. The van der Waals surface area contributed by atoms with E-state index in [4.69, 9.17) is 0 Å². The smallest absolute Gasteiger partial charge is 0.225 e. The quantitative estimate of drug-likeness (QED) is 0.753. The lowest BCUT2D eigenvalue weighted by atomic mass is 9.97. The van der Waals surface area contributed by atoms with Gasteiger partial charge < -0.3 is 15.2 Å². The van der Waals surface area contributed by atoms with Crippen molar-refractivity contribution in [3.63, 3.8) is 0 Å². The molecular formula is C19H22N6O. The second-order valence-corrected chi connectivity index (χ2v) is 6.74. The predicted octanol–water partition coefficient (Wildman–Crippen LogP) is 2.19. The third-order valence-electron chi connectivity index (χ3n) is 4.77. The zero-order valence-corrected chi connectivity index (χ0v) is 14.8. The Balaban J connectivity index is 1.37. The van der Waals surface area contributed by atoms with Crippen molar-refractivity contribution in [2.45, 2.75) is 26.3 Å². The van der Waals surface area contributed by atoms with E-state index in [1.807, 2.05) is 43.3 Å². The highest BCUT2D eigenvalue weighted by Gasteiger charge is 2.26. The molecule has 1 unspecified atom stereocenters. The first-order valence-corrected chi connectivity index (χ1v) is 8.95. The highest BCUT2D eigenvalue weighted by Crippen LogP contribution is 2.21. The topological polar surface area (TPSA) is 86.8 Å². The Morgan fingerprint density at radius 3 is 2.96 bits per heavy atom. The van der Waals surface area contributed by atoms with Crippen LogP contribution in [0.1, 0.15) is 24.4 Å². The van der Waals surface area contributed by atoms with Gasteiger partial charge in [0.05, 0.1) is 29.2 Å². The summed E-state index contributed by atoms with van der Waals surface area (Å²) >= 11 is 0. The summed E-state index contributed by atoms with van der Waals surface area (Å²) in [4.78, 5) is 22.5. The molecule has 134 valence electrons. The molecule has 0 bridgehead atoms. The molecular weight excluding hydrogens is 328 g/mol. The number of H-pyrrole nitrogens is 1. The molecule has 1 amide bonds. The monoisotopic (exact) mass is 350 g/mol. The number of amides is 1. The zero-order valence-electron chi connectivity index (χ0n) is 14.8. The van der Waals surface area contributed by atoms with Crippen LogP contribution in [0.5, 0.6) is 0 Å². The van der Waals surface area contributed by atoms with Crippen LogP contribution >= 0.6 is 0 Å². The van der Waals surface area contributed by atoms with Crippen molar-refractivity contribution >= 4 is 22.8 Å². The summed E-state index contributed by atoms with van der Waals surface area (Å²) in [6.45, 7) is 3.91. The number of aromatic nitrogens is 4. The summed E-state index contributed by atoms with van der Waals surface area (Å²) in [5.74, 6) is 1.63. The van der Waals surface area contributed by atoms with Crippen molar-refractivity contribution in [3.05, 3.63) is 47.9 Å². The molecule has 3 heterocycles.